The molecule has 0 heterocycles. The van der Waals surface area contributed by atoms with Crippen molar-refractivity contribution >= 4 is 0 Å². The highest BCUT2D eigenvalue weighted by molar-refractivity contribution is 5.38. The van der Waals surface area contributed by atoms with Crippen LogP contribution in [0.4, 0.5) is 0 Å². The van der Waals surface area contributed by atoms with Gasteiger partial charge in [-0.1, -0.05) is 43.2 Å². The number of nitrogens with two attached hydrogens (primary N) is 1. The number of benzene rings is 1. The maximum Gasteiger partial charge on any atom is 0.0704 e. The van der Waals surface area contributed by atoms with Gasteiger partial charge >= 0.3 is 0 Å². The smallest absolute Gasteiger partial charge is 0.0704 e. The fourth-order valence-electron chi connectivity index (χ4n) is 2.53. The first-order chi connectivity index (χ1) is 9.16. The van der Waals surface area contributed by atoms with Gasteiger partial charge in [-0.05, 0) is 37.5 Å². The Morgan fingerprint density at radius 2 is 2.00 bits per heavy atom. The zero-order valence-corrected chi connectivity index (χ0v) is 11.6. The number of hydrogen-bond donors (Lipinski definition) is 2. The van der Waals surface area contributed by atoms with Crippen molar-refractivity contribution in [3.05, 3.63) is 35.4 Å². The van der Waals surface area contributed by atoms with E-state index in [2.05, 4.69) is 11.8 Å². The van der Waals surface area contributed by atoms with E-state index >= 15 is 0 Å². The average molecular weight is 257 g/mol. The van der Waals surface area contributed by atoms with Crippen LogP contribution in [0.15, 0.2) is 24.3 Å². The number of aliphatic hydroxyl groups is 1. The normalized spacial score (nSPS) is 19.3. The van der Waals surface area contributed by atoms with Crippen molar-refractivity contribution in [2.75, 3.05) is 0 Å². The first kappa shape index (κ1) is 14.1. The summed E-state index contributed by atoms with van der Waals surface area (Å²) in [5.74, 6) is 7.20. The Bertz CT molecular complexity index is 464. The molecule has 0 amide bonds. The number of hydrogen-bond acceptors (Lipinski definition) is 2. The molecule has 102 valence electrons. The Hall–Kier alpha value is -1.30. The van der Waals surface area contributed by atoms with Gasteiger partial charge in [0.1, 0.15) is 0 Å². The summed E-state index contributed by atoms with van der Waals surface area (Å²) in [4.78, 5) is 0. The van der Waals surface area contributed by atoms with Crippen molar-refractivity contribution in [1.29, 1.82) is 0 Å². The van der Waals surface area contributed by atoms with Crippen molar-refractivity contribution in [3.63, 3.8) is 0 Å². The molecular weight excluding hydrogens is 234 g/mol. The Kier molecular flexibility index (Phi) is 5.01. The van der Waals surface area contributed by atoms with Gasteiger partial charge in [-0.2, -0.15) is 0 Å². The van der Waals surface area contributed by atoms with E-state index in [1.807, 2.05) is 24.3 Å². The molecule has 2 heteroatoms. The molecule has 2 unspecified atom stereocenters. The lowest BCUT2D eigenvalue weighted by Gasteiger charge is -2.16. The van der Waals surface area contributed by atoms with Crippen molar-refractivity contribution in [2.45, 2.75) is 51.2 Å². The largest absolute Gasteiger partial charge is 0.391 e. The van der Waals surface area contributed by atoms with E-state index in [4.69, 9.17) is 5.73 Å². The van der Waals surface area contributed by atoms with E-state index < -0.39 is 6.10 Å². The highest BCUT2D eigenvalue weighted by Crippen LogP contribution is 2.23. The highest BCUT2D eigenvalue weighted by atomic mass is 16.3. The van der Waals surface area contributed by atoms with Crippen LogP contribution in [0.3, 0.4) is 0 Å². The highest BCUT2D eigenvalue weighted by Gasteiger charge is 2.12. The summed E-state index contributed by atoms with van der Waals surface area (Å²) in [7, 11) is 0. The zero-order valence-electron chi connectivity index (χ0n) is 11.6. The molecule has 1 aliphatic carbocycles. The van der Waals surface area contributed by atoms with E-state index in [0.717, 1.165) is 11.1 Å². The molecule has 3 N–H and O–H groups in total. The third-order valence-electron chi connectivity index (χ3n) is 3.82. The van der Waals surface area contributed by atoms with Crippen LogP contribution >= 0.6 is 0 Å². The Balaban J connectivity index is 2.08. The van der Waals surface area contributed by atoms with E-state index in [0.29, 0.717) is 5.92 Å². The Labute approximate surface area is 116 Å². The summed E-state index contributed by atoms with van der Waals surface area (Å²) >= 11 is 0. The molecule has 0 aromatic heterocycles. The van der Waals surface area contributed by atoms with Crippen molar-refractivity contribution in [1.82, 2.24) is 0 Å². The second-order valence-electron chi connectivity index (χ2n) is 5.50. The Morgan fingerprint density at radius 3 is 2.68 bits per heavy atom. The maximum atomic E-state index is 9.54. The third kappa shape index (κ3) is 4.09. The predicted octanol–water partition coefficient (Wildman–Crippen LogP) is 3.00. The quantitative estimate of drug-likeness (QED) is 0.800. The summed E-state index contributed by atoms with van der Waals surface area (Å²) < 4.78 is 0. The molecule has 2 nitrogen and oxygen atoms in total. The minimum absolute atomic E-state index is 0.337. The van der Waals surface area contributed by atoms with Crippen LogP contribution in [0.5, 0.6) is 0 Å². The van der Waals surface area contributed by atoms with Gasteiger partial charge in [0.05, 0.1) is 12.1 Å². The Morgan fingerprint density at radius 1 is 1.26 bits per heavy atom. The van der Waals surface area contributed by atoms with Crippen LogP contribution in [0.25, 0.3) is 0 Å². The minimum atomic E-state index is -0.540. The summed E-state index contributed by atoms with van der Waals surface area (Å²) in [6.07, 6.45) is 5.91. The van der Waals surface area contributed by atoms with Gasteiger partial charge in [0, 0.05) is 11.5 Å². The first-order valence-corrected chi connectivity index (χ1v) is 7.22. The third-order valence-corrected chi connectivity index (χ3v) is 3.82. The van der Waals surface area contributed by atoms with Gasteiger partial charge in [-0.15, -0.1) is 0 Å². The predicted molar refractivity (Wildman–Crippen MR) is 78.5 cm³/mol. The summed E-state index contributed by atoms with van der Waals surface area (Å²) in [6.45, 7) is 1.71. The van der Waals surface area contributed by atoms with Crippen LogP contribution < -0.4 is 5.73 Å². The lowest BCUT2D eigenvalue weighted by atomic mass is 9.89. The molecule has 1 fully saturated rings. The molecule has 0 spiro atoms. The fourth-order valence-corrected chi connectivity index (χ4v) is 2.53. The average Bonchev–Trinajstić information content (AvgIpc) is 2.45. The number of aliphatic hydroxyl groups excluding tert-OH is 1. The van der Waals surface area contributed by atoms with Crippen molar-refractivity contribution in [2.24, 2.45) is 11.7 Å². The van der Waals surface area contributed by atoms with E-state index in [-0.39, 0.29) is 6.04 Å². The second-order valence-corrected chi connectivity index (χ2v) is 5.50. The molecule has 0 saturated heterocycles. The molecular formula is C17H23NO. The van der Waals surface area contributed by atoms with Gasteiger partial charge in [0.2, 0.25) is 0 Å². The standard InChI is InChI=1S/C17H23NO/c1-13(19)17(18)16-9-5-8-15(12-16)11-10-14-6-3-2-4-7-14/h5,8-9,12-14,17,19H,2-4,6-7,18H2,1H3. The SMILES string of the molecule is CC(O)C(N)c1cccc(C#CC2CCCCC2)c1. The van der Waals surface area contributed by atoms with Crippen LogP contribution in [-0.4, -0.2) is 11.2 Å². The molecule has 1 saturated carbocycles. The first-order valence-electron chi connectivity index (χ1n) is 7.22. The van der Waals surface area contributed by atoms with Crippen LogP contribution in [0, 0.1) is 17.8 Å². The molecule has 2 rings (SSSR count). The number of rotatable bonds is 2. The molecule has 1 aromatic rings. The van der Waals surface area contributed by atoms with Gasteiger partial charge < -0.3 is 10.8 Å². The van der Waals surface area contributed by atoms with E-state index in [1.165, 1.54) is 32.1 Å². The van der Waals surface area contributed by atoms with Crippen LogP contribution in [0.1, 0.15) is 56.2 Å². The lowest BCUT2D eigenvalue weighted by molar-refractivity contribution is 0.164. The van der Waals surface area contributed by atoms with Crippen molar-refractivity contribution in [3.8, 4) is 11.8 Å². The zero-order chi connectivity index (χ0) is 13.7. The van der Waals surface area contributed by atoms with Crippen molar-refractivity contribution < 1.29 is 5.11 Å². The minimum Gasteiger partial charge on any atom is -0.391 e. The van der Waals surface area contributed by atoms with Gasteiger partial charge in [-0.25, -0.2) is 0 Å². The molecule has 2 atom stereocenters. The molecule has 1 aromatic carbocycles. The van der Waals surface area contributed by atoms with Crippen LogP contribution in [-0.2, 0) is 0 Å². The fraction of sp³-hybridized carbons (Fsp3) is 0.529. The van der Waals surface area contributed by atoms with Gasteiger partial charge in [-0.3, -0.25) is 0 Å². The molecule has 0 aliphatic heterocycles. The molecule has 1 aliphatic rings. The summed E-state index contributed by atoms with van der Waals surface area (Å²) in [5, 5.41) is 9.54. The summed E-state index contributed by atoms with van der Waals surface area (Å²) in [5.41, 5.74) is 7.90. The molecule has 19 heavy (non-hydrogen) atoms. The molecule has 0 radical (unpaired) electrons. The molecule has 0 bridgehead atoms. The summed E-state index contributed by atoms with van der Waals surface area (Å²) in [6, 6.07) is 7.57. The maximum absolute atomic E-state index is 9.54. The monoisotopic (exact) mass is 257 g/mol. The topological polar surface area (TPSA) is 46.2 Å². The van der Waals surface area contributed by atoms with Gasteiger partial charge in [0.15, 0.2) is 0 Å². The van der Waals surface area contributed by atoms with Gasteiger partial charge in [0.25, 0.3) is 0 Å². The lowest BCUT2D eigenvalue weighted by Crippen LogP contribution is -2.23. The van der Waals surface area contributed by atoms with Crippen LogP contribution in [0.2, 0.25) is 0 Å². The second kappa shape index (κ2) is 6.75. The van der Waals surface area contributed by atoms with E-state index in [9.17, 15) is 5.11 Å². The van der Waals surface area contributed by atoms with E-state index in [1.54, 1.807) is 6.92 Å².